The van der Waals surface area contributed by atoms with Gasteiger partial charge in [-0.05, 0) is 30.7 Å². The molecule has 0 unspecified atom stereocenters. The third kappa shape index (κ3) is 3.58. The molecule has 15 heavy (non-hydrogen) atoms. The first-order valence-electron chi connectivity index (χ1n) is 4.73. The molecule has 82 valence electrons. The lowest BCUT2D eigenvalue weighted by atomic mass is 10.2. The highest BCUT2D eigenvalue weighted by Crippen LogP contribution is 2.18. The number of hydrogen-bond acceptors (Lipinski definition) is 2. The van der Waals surface area contributed by atoms with Crippen LogP contribution >= 0.6 is 0 Å². The highest BCUT2D eigenvalue weighted by atomic mass is 19.1. The lowest BCUT2D eigenvalue weighted by Crippen LogP contribution is -2.20. The van der Waals surface area contributed by atoms with Crippen LogP contribution in [0, 0.1) is 12.7 Å². The van der Waals surface area contributed by atoms with Crippen molar-refractivity contribution in [1.82, 2.24) is 5.32 Å². The highest BCUT2D eigenvalue weighted by molar-refractivity contribution is 5.75. The summed E-state index contributed by atoms with van der Waals surface area (Å²) in [5.74, 6) is 0.251. The summed E-state index contributed by atoms with van der Waals surface area (Å²) >= 11 is 0. The molecule has 0 heterocycles. The molecule has 0 aliphatic carbocycles. The molecular formula is C11H14FNO2. The average molecular weight is 211 g/mol. The Bertz CT molecular complexity index is 352. The van der Waals surface area contributed by atoms with Crippen molar-refractivity contribution < 1.29 is 13.9 Å². The molecule has 1 aromatic rings. The monoisotopic (exact) mass is 211 g/mol. The van der Waals surface area contributed by atoms with Crippen LogP contribution in [-0.2, 0) is 4.79 Å². The van der Waals surface area contributed by atoms with Crippen molar-refractivity contribution in [3.63, 3.8) is 0 Å². The standard InChI is InChI=1S/C11H14FNO2/c1-8-7-9(12)3-4-10(8)15-6-5-11(14)13-2/h3-4,7H,5-6H2,1-2H3,(H,13,14). The van der Waals surface area contributed by atoms with Gasteiger partial charge in [0.1, 0.15) is 11.6 Å². The van der Waals surface area contributed by atoms with E-state index in [9.17, 15) is 9.18 Å². The second-order valence-electron chi connectivity index (χ2n) is 3.18. The maximum Gasteiger partial charge on any atom is 0.223 e. The largest absolute Gasteiger partial charge is 0.493 e. The van der Waals surface area contributed by atoms with E-state index in [1.165, 1.54) is 12.1 Å². The number of halogens is 1. The molecule has 0 aliphatic rings. The van der Waals surface area contributed by atoms with Crippen molar-refractivity contribution in [2.45, 2.75) is 13.3 Å². The minimum atomic E-state index is -0.286. The summed E-state index contributed by atoms with van der Waals surface area (Å²) in [6.07, 6.45) is 0.299. The van der Waals surface area contributed by atoms with E-state index < -0.39 is 0 Å². The Hall–Kier alpha value is -1.58. The quantitative estimate of drug-likeness (QED) is 0.822. The van der Waals surface area contributed by atoms with Gasteiger partial charge in [0.2, 0.25) is 5.91 Å². The number of nitrogens with one attached hydrogen (secondary N) is 1. The van der Waals surface area contributed by atoms with Crippen molar-refractivity contribution in [3.05, 3.63) is 29.6 Å². The first-order valence-corrected chi connectivity index (χ1v) is 4.73. The van der Waals surface area contributed by atoms with Crippen LogP contribution in [0.25, 0.3) is 0 Å². The van der Waals surface area contributed by atoms with Crippen LogP contribution in [0.5, 0.6) is 5.75 Å². The minimum Gasteiger partial charge on any atom is -0.493 e. The molecule has 4 heteroatoms. The van der Waals surface area contributed by atoms with Gasteiger partial charge < -0.3 is 10.1 Å². The fourth-order valence-corrected chi connectivity index (χ4v) is 1.15. The molecular weight excluding hydrogens is 197 g/mol. The Morgan fingerprint density at radius 2 is 2.27 bits per heavy atom. The number of ether oxygens (including phenoxy) is 1. The Balaban J connectivity index is 2.47. The van der Waals surface area contributed by atoms with Crippen LogP contribution < -0.4 is 10.1 Å². The van der Waals surface area contributed by atoms with Gasteiger partial charge in [0.15, 0.2) is 0 Å². The van der Waals surface area contributed by atoms with Gasteiger partial charge in [0, 0.05) is 7.05 Å². The van der Waals surface area contributed by atoms with Gasteiger partial charge in [0.25, 0.3) is 0 Å². The van der Waals surface area contributed by atoms with Gasteiger partial charge in [-0.15, -0.1) is 0 Å². The molecule has 0 saturated carbocycles. The van der Waals surface area contributed by atoms with E-state index in [2.05, 4.69) is 5.32 Å². The van der Waals surface area contributed by atoms with Gasteiger partial charge in [-0.2, -0.15) is 0 Å². The molecule has 0 bridgehead atoms. The Labute approximate surface area is 88.2 Å². The number of rotatable bonds is 4. The molecule has 1 rings (SSSR count). The highest BCUT2D eigenvalue weighted by Gasteiger charge is 2.02. The van der Waals surface area contributed by atoms with Crippen LogP contribution in [0.4, 0.5) is 4.39 Å². The molecule has 3 nitrogen and oxygen atoms in total. The maximum absolute atomic E-state index is 12.7. The summed E-state index contributed by atoms with van der Waals surface area (Å²) in [6.45, 7) is 2.06. The smallest absolute Gasteiger partial charge is 0.223 e. The Morgan fingerprint density at radius 1 is 1.53 bits per heavy atom. The van der Waals surface area contributed by atoms with Gasteiger partial charge in [0.05, 0.1) is 13.0 Å². The summed E-state index contributed by atoms with van der Waals surface area (Å²) in [6, 6.07) is 4.30. The third-order valence-electron chi connectivity index (χ3n) is 2.00. The first kappa shape index (κ1) is 11.5. The zero-order valence-corrected chi connectivity index (χ0v) is 8.84. The number of carbonyl (C=O) groups excluding carboxylic acids is 1. The Kier molecular flexibility index (Phi) is 4.09. The van der Waals surface area contributed by atoms with E-state index in [0.717, 1.165) is 5.56 Å². The van der Waals surface area contributed by atoms with E-state index >= 15 is 0 Å². The van der Waals surface area contributed by atoms with E-state index in [1.807, 2.05) is 0 Å². The molecule has 0 fully saturated rings. The summed E-state index contributed by atoms with van der Waals surface area (Å²) in [5, 5.41) is 2.50. The lowest BCUT2D eigenvalue weighted by molar-refractivity contribution is -0.121. The second-order valence-corrected chi connectivity index (χ2v) is 3.18. The number of aryl methyl sites for hydroxylation is 1. The van der Waals surface area contributed by atoms with Gasteiger partial charge in [-0.3, -0.25) is 4.79 Å². The Morgan fingerprint density at radius 3 is 2.87 bits per heavy atom. The van der Waals surface area contributed by atoms with Crippen LogP contribution in [0.2, 0.25) is 0 Å². The molecule has 0 aromatic heterocycles. The molecule has 1 aromatic carbocycles. The number of hydrogen-bond donors (Lipinski definition) is 1. The van der Waals surface area contributed by atoms with E-state index in [-0.39, 0.29) is 11.7 Å². The summed E-state index contributed by atoms with van der Waals surface area (Å²) in [5.41, 5.74) is 0.729. The first-order chi connectivity index (χ1) is 7.13. The summed E-state index contributed by atoms with van der Waals surface area (Å²) in [4.78, 5) is 10.9. The normalized spacial score (nSPS) is 9.80. The summed E-state index contributed by atoms with van der Waals surface area (Å²) in [7, 11) is 1.57. The predicted molar refractivity (Wildman–Crippen MR) is 55.3 cm³/mol. The SMILES string of the molecule is CNC(=O)CCOc1ccc(F)cc1C. The van der Waals surface area contributed by atoms with Crippen molar-refractivity contribution in [2.75, 3.05) is 13.7 Å². The average Bonchev–Trinajstić information content (AvgIpc) is 2.21. The molecule has 0 atom stereocenters. The molecule has 0 radical (unpaired) electrons. The fourth-order valence-electron chi connectivity index (χ4n) is 1.15. The van der Waals surface area contributed by atoms with Crippen LogP contribution in [0.3, 0.4) is 0 Å². The van der Waals surface area contributed by atoms with Gasteiger partial charge in [-0.1, -0.05) is 0 Å². The predicted octanol–water partition coefficient (Wildman–Crippen LogP) is 1.65. The molecule has 0 aliphatic heterocycles. The maximum atomic E-state index is 12.7. The van der Waals surface area contributed by atoms with Gasteiger partial charge in [-0.25, -0.2) is 4.39 Å². The molecule has 1 amide bonds. The third-order valence-corrected chi connectivity index (χ3v) is 2.00. The lowest BCUT2D eigenvalue weighted by Gasteiger charge is -2.08. The van der Waals surface area contributed by atoms with E-state index in [4.69, 9.17) is 4.74 Å². The number of carbonyl (C=O) groups is 1. The van der Waals surface area contributed by atoms with Crippen molar-refractivity contribution in [1.29, 1.82) is 0 Å². The number of amides is 1. The topological polar surface area (TPSA) is 38.3 Å². The number of benzene rings is 1. The second kappa shape index (κ2) is 5.34. The molecule has 0 saturated heterocycles. The minimum absolute atomic E-state index is 0.0743. The van der Waals surface area contributed by atoms with Crippen LogP contribution in [0.15, 0.2) is 18.2 Å². The van der Waals surface area contributed by atoms with Crippen molar-refractivity contribution in [3.8, 4) is 5.75 Å². The summed E-state index contributed by atoms with van der Waals surface area (Å²) < 4.78 is 18.1. The fraction of sp³-hybridized carbons (Fsp3) is 0.364. The van der Waals surface area contributed by atoms with Crippen LogP contribution in [0.1, 0.15) is 12.0 Å². The molecule has 1 N–H and O–H groups in total. The van der Waals surface area contributed by atoms with E-state index in [0.29, 0.717) is 18.8 Å². The van der Waals surface area contributed by atoms with Crippen molar-refractivity contribution >= 4 is 5.91 Å². The zero-order chi connectivity index (χ0) is 11.3. The van der Waals surface area contributed by atoms with E-state index in [1.54, 1.807) is 20.0 Å². The van der Waals surface area contributed by atoms with Gasteiger partial charge >= 0.3 is 0 Å². The zero-order valence-electron chi connectivity index (χ0n) is 8.84. The molecule has 0 spiro atoms. The van der Waals surface area contributed by atoms with Crippen LogP contribution in [-0.4, -0.2) is 19.6 Å². The van der Waals surface area contributed by atoms with Crippen molar-refractivity contribution in [2.24, 2.45) is 0 Å².